The Morgan fingerprint density at radius 3 is 2.58 bits per heavy atom. The Hall–Kier alpha value is -3.55. The van der Waals surface area contributed by atoms with Gasteiger partial charge in [-0.05, 0) is 55.0 Å². The highest BCUT2D eigenvalue weighted by Gasteiger charge is 2.35. The number of nitrogens with one attached hydrogen (secondary N) is 1. The van der Waals surface area contributed by atoms with Crippen LogP contribution in [0.15, 0.2) is 42.5 Å². The SMILES string of the molecule is COc1ccc([C@@H](CC(=O)NOC(C)=O)N2Cc3ccccc3C2=O)cc1OC1CCCC1. The molecule has 1 aliphatic carbocycles. The molecule has 0 radical (unpaired) electrons. The van der Waals surface area contributed by atoms with Gasteiger partial charge in [-0.2, -0.15) is 5.48 Å². The lowest BCUT2D eigenvalue weighted by Gasteiger charge is -2.28. The maximum atomic E-state index is 13.2. The molecule has 8 heteroatoms. The van der Waals surface area contributed by atoms with Crippen LogP contribution in [-0.4, -0.2) is 35.9 Å². The van der Waals surface area contributed by atoms with Gasteiger partial charge in [-0.15, -0.1) is 0 Å². The largest absolute Gasteiger partial charge is 0.493 e. The Bertz CT molecular complexity index is 1050. The van der Waals surface area contributed by atoms with Crippen molar-refractivity contribution in [2.24, 2.45) is 0 Å². The highest BCUT2D eigenvalue weighted by molar-refractivity contribution is 5.98. The first-order valence-electron chi connectivity index (χ1n) is 11.2. The predicted molar refractivity (Wildman–Crippen MR) is 119 cm³/mol. The van der Waals surface area contributed by atoms with Crippen molar-refractivity contribution in [3.8, 4) is 11.5 Å². The minimum atomic E-state index is -0.624. The third-order valence-electron chi connectivity index (χ3n) is 6.08. The number of carbonyl (C=O) groups is 3. The van der Waals surface area contributed by atoms with E-state index in [-0.39, 0.29) is 18.4 Å². The summed E-state index contributed by atoms with van der Waals surface area (Å²) in [6, 6.07) is 12.3. The van der Waals surface area contributed by atoms with Gasteiger partial charge >= 0.3 is 5.97 Å². The van der Waals surface area contributed by atoms with Gasteiger partial charge in [0, 0.05) is 19.0 Å². The number of hydrogen-bond acceptors (Lipinski definition) is 6. The normalized spacial score (nSPS) is 16.3. The van der Waals surface area contributed by atoms with Gasteiger partial charge in [0.25, 0.3) is 11.8 Å². The van der Waals surface area contributed by atoms with Crippen LogP contribution in [0.1, 0.15) is 66.6 Å². The molecule has 0 aromatic heterocycles. The van der Waals surface area contributed by atoms with Crippen molar-refractivity contribution >= 4 is 17.8 Å². The van der Waals surface area contributed by atoms with Crippen LogP contribution in [0.25, 0.3) is 0 Å². The van der Waals surface area contributed by atoms with E-state index in [2.05, 4.69) is 10.3 Å². The number of carbonyl (C=O) groups excluding carboxylic acids is 3. The highest BCUT2D eigenvalue weighted by Crippen LogP contribution is 2.38. The number of fused-ring (bicyclic) bond motifs is 1. The molecule has 1 atom stereocenters. The van der Waals surface area contributed by atoms with Gasteiger partial charge in [-0.25, -0.2) is 0 Å². The van der Waals surface area contributed by atoms with Crippen LogP contribution < -0.4 is 15.0 Å². The Kier molecular flexibility index (Phi) is 6.82. The molecule has 8 nitrogen and oxygen atoms in total. The molecule has 2 amide bonds. The molecule has 0 unspecified atom stereocenters. The summed E-state index contributed by atoms with van der Waals surface area (Å²) in [5.74, 6) is -0.0829. The number of methoxy groups -OCH3 is 1. The summed E-state index contributed by atoms with van der Waals surface area (Å²) in [6.45, 7) is 1.58. The molecule has 1 aliphatic heterocycles. The van der Waals surface area contributed by atoms with E-state index in [1.807, 2.05) is 30.3 Å². The molecule has 1 N–H and O–H groups in total. The maximum absolute atomic E-state index is 13.2. The van der Waals surface area contributed by atoms with Gasteiger partial charge in [0.15, 0.2) is 11.5 Å². The van der Waals surface area contributed by atoms with Gasteiger partial charge in [0.1, 0.15) is 0 Å². The topological polar surface area (TPSA) is 94.2 Å². The molecule has 1 saturated carbocycles. The van der Waals surface area contributed by atoms with Crippen LogP contribution in [0.5, 0.6) is 11.5 Å². The number of benzene rings is 2. The van der Waals surface area contributed by atoms with Gasteiger partial charge in [-0.3, -0.25) is 14.4 Å². The Balaban J connectivity index is 1.64. The molecule has 4 rings (SSSR count). The lowest BCUT2D eigenvalue weighted by molar-refractivity contribution is -0.156. The number of rotatable bonds is 7. The first-order chi connectivity index (χ1) is 16.0. The second-order valence-electron chi connectivity index (χ2n) is 8.36. The molecular formula is C25H28N2O6. The zero-order valence-electron chi connectivity index (χ0n) is 18.8. The Labute approximate surface area is 192 Å². The van der Waals surface area contributed by atoms with E-state index in [9.17, 15) is 14.4 Å². The van der Waals surface area contributed by atoms with E-state index in [0.717, 1.165) is 36.8 Å². The van der Waals surface area contributed by atoms with Crippen molar-refractivity contribution in [3.63, 3.8) is 0 Å². The van der Waals surface area contributed by atoms with E-state index < -0.39 is 17.9 Å². The van der Waals surface area contributed by atoms with E-state index in [0.29, 0.717) is 23.6 Å². The summed E-state index contributed by atoms with van der Waals surface area (Å²) in [5, 5.41) is 0. The van der Waals surface area contributed by atoms with Crippen LogP contribution in [0.3, 0.4) is 0 Å². The smallest absolute Gasteiger partial charge is 0.329 e. The minimum absolute atomic E-state index is 0.0811. The summed E-state index contributed by atoms with van der Waals surface area (Å²) in [5.41, 5.74) is 4.42. The van der Waals surface area contributed by atoms with Crippen LogP contribution in [-0.2, 0) is 21.0 Å². The van der Waals surface area contributed by atoms with E-state index >= 15 is 0 Å². The minimum Gasteiger partial charge on any atom is -0.493 e. The zero-order valence-corrected chi connectivity index (χ0v) is 18.8. The van der Waals surface area contributed by atoms with Crippen molar-refractivity contribution in [3.05, 3.63) is 59.2 Å². The average molecular weight is 453 g/mol. The van der Waals surface area contributed by atoms with Crippen LogP contribution >= 0.6 is 0 Å². The van der Waals surface area contributed by atoms with Crippen molar-refractivity contribution < 1.29 is 28.7 Å². The van der Waals surface area contributed by atoms with Gasteiger partial charge < -0.3 is 19.2 Å². The number of hydrogen-bond donors (Lipinski definition) is 1. The fourth-order valence-electron chi connectivity index (χ4n) is 4.46. The van der Waals surface area contributed by atoms with Crippen molar-refractivity contribution in [2.45, 2.75) is 57.7 Å². The molecule has 1 heterocycles. The number of ether oxygens (including phenoxy) is 2. The lowest BCUT2D eigenvalue weighted by Crippen LogP contribution is -2.35. The first-order valence-corrected chi connectivity index (χ1v) is 11.2. The first kappa shape index (κ1) is 22.6. The molecule has 33 heavy (non-hydrogen) atoms. The van der Waals surface area contributed by atoms with Crippen LogP contribution in [0.4, 0.5) is 0 Å². The molecule has 0 saturated heterocycles. The molecule has 0 spiro atoms. The third-order valence-corrected chi connectivity index (χ3v) is 6.08. The summed E-state index contributed by atoms with van der Waals surface area (Å²) < 4.78 is 11.7. The summed E-state index contributed by atoms with van der Waals surface area (Å²) in [6.07, 6.45) is 4.28. The Morgan fingerprint density at radius 1 is 1.12 bits per heavy atom. The molecule has 2 aliphatic rings. The maximum Gasteiger partial charge on any atom is 0.329 e. The lowest BCUT2D eigenvalue weighted by atomic mass is 10.0. The molecule has 2 aromatic rings. The van der Waals surface area contributed by atoms with Gasteiger partial charge in [0.05, 0.1) is 25.7 Å². The van der Waals surface area contributed by atoms with Crippen LogP contribution in [0, 0.1) is 0 Å². The molecule has 2 aromatic carbocycles. The predicted octanol–water partition coefficient (Wildman–Crippen LogP) is 3.70. The standard InChI is InChI=1S/C25H28N2O6/c1-16(28)33-26-24(29)14-21(27-15-18-7-3-6-10-20(18)25(27)30)17-11-12-22(31-2)23(13-17)32-19-8-4-5-9-19/h3,6-7,10-13,19,21H,4-5,8-9,14-15H2,1-2H3,(H,26,29)/t21-/m1/s1. The van der Waals surface area contributed by atoms with E-state index in [4.69, 9.17) is 9.47 Å². The van der Waals surface area contributed by atoms with Crippen molar-refractivity contribution in [1.29, 1.82) is 0 Å². The highest BCUT2D eigenvalue weighted by atomic mass is 16.7. The monoisotopic (exact) mass is 452 g/mol. The van der Waals surface area contributed by atoms with E-state index in [1.54, 1.807) is 24.1 Å². The fraction of sp³-hybridized carbons (Fsp3) is 0.400. The molecule has 1 fully saturated rings. The summed E-state index contributed by atoms with van der Waals surface area (Å²) in [4.78, 5) is 43.2. The molecular weight excluding hydrogens is 424 g/mol. The quantitative estimate of drug-likeness (QED) is 0.644. The van der Waals surface area contributed by atoms with E-state index in [1.165, 1.54) is 6.92 Å². The zero-order chi connectivity index (χ0) is 23.4. The average Bonchev–Trinajstić information content (AvgIpc) is 3.44. The summed E-state index contributed by atoms with van der Waals surface area (Å²) >= 11 is 0. The molecule has 174 valence electrons. The van der Waals surface area contributed by atoms with Crippen molar-refractivity contribution in [1.82, 2.24) is 10.4 Å². The number of amides is 2. The number of nitrogens with zero attached hydrogens (tertiary/aromatic N) is 1. The van der Waals surface area contributed by atoms with Gasteiger partial charge in [0.2, 0.25) is 0 Å². The van der Waals surface area contributed by atoms with Crippen LogP contribution in [0.2, 0.25) is 0 Å². The third kappa shape index (κ3) is 5.10. The van der Waals surface area contributed by atoms with Crippen molar-refractivity contribution in [2.75, 3.05) is 7.11 Å². The molecule has 0 bridgehead atoms. The second kappa shape index (κ2) is 9.94. The fourth-order valence-corrected chi connectivity index (χ4v) is 4.46. The van der Waals surface area contributed by atoms with Gasteiger partial charge in [-0.1, -0.05) is 24.3 Å². The Morgan fingerprint density at radius 2 is 1.88 bits per heavy atom. The summed E-state index contributed by atoms with van der Waals surface area (Å²) in [7, 11) is 1.58. The second-order valence-corrected chi connectivity index (χ2v) is 8.36. The number of hydroxylamine groups is 1.